The average molecular weight is 588 g/mol. The highest BCUT2D eigenvalue weighted by Gasteiger charge is 2.26. The summed E-state index contributed by atoms with van der Waals surface area (Å²) in [5.74, 6) is 0.334. The first-order valence-corrected chi connectivity index (χ1v) is 12.5. The maximum Gasteiger partial charge on any atom is 0.316 e. The van der Waals surface area contributed by atoms with E-state index >= 15 is 0 Å². The minimum Gasteiger partial charge on any atom is -0.473 e. The fraction of sp³-hybridized carbons (Fsp3) is 0.263. The van der Waals surface area contributed by atoms with Gasteiger partial charge in [-0.1, -0.05) is 35.0 Å². The van der Waals surface area contributed by atoms with E-state index in [-0.39, 0.29) is 37.5 Å². The highest BCUT2D eigenvalue weighted by atomic mass is 79.9. The van der Waals surface area contributed by atoms with Gasteiger partial charge < -0.3 is 9.47 Å². The van der Waals surface area contributed by atoms with Gasteiger partial charge in [-0.05, 0) is 40.0 Å². The number of nitrogens with two attached hydrogens (primary N) is 1. The Balaban J connectivity index is 1.90. The number of ether oxygens (including phenoxy) is 2. The van der Waals surface area contributed by atoms with Crippen LogP contribution in [0.3, 0.4) is 0 Å². The van der Waals surface area contributed by atoms with Crippen LogP contribution in [0.5, 0.6) is 11.9 Å². The van der Waals surface area contributed by atoms with Gasteiger partial charge in [0.1, 0.15) is 19.5 Å². The van der Waals surface area contributed by atoms with Gasteiger partial charge in [-0.25, -0.2) is 29.4 Å². The molecule has 0 aliphatic carbocycles. The van der Waals surface area contributed by atoms with Gasteiger partial charge in [0.2, 0.25) is 5.88 Å². The van der Waals surface area contributed by atoms with Crippen molar-refractivity contribution in [3.63, 3.8) is 0 Å². The first-order valence-electron chi connectivity index (χ1n) is 9.44. The van der Waals surface area contributed by atoms with Crippen LogP contribution in [0.4, 0.5) is 5.82 Å². The standard InChI is InChI=1S/C19H20Br2N6O4S/c1-2-7-27(32(22,28)29)17-16(13-3-5-14(20)6-4-13)18(26-12-25-17)30-8-9-31-19-23-10-15(21)11-24-19/h3-6,10-12H,2,7-9H2,1H3,(H2,22,28,29). The van der Waals surface area contributed by atoms with Gasteiger partial charge in [0, 0.05) is 23.4 Å². The molecule has 0 bridgehead atoms. The molecule has 0 spiro atoms. The van der Waals surface area contributed by atoms with Gasteiger partial charge in [-0.2, -0.15) is 8.42 Å². The van der Waals surface area contributed by atoms with Gasteiger partial charge in [-0.15, -0.1) is 0 Å². The molecule has 10 nitrogen and oxygen atoms in total. The fourth-order valence-electron chi connectivity index (χ4n) is 2.73. The van der Waals surface area contributed by atoms with Crippen LogP contribution in [0.1, 0.15) is 13.3 Å². The maximum absolute atomic E-state index is 12.3. The van der Waals surface area contributed by atoms with E-state index in [1.54, 1.807) is 24.5 Å². The molecule has 0 aliphatic heterocycles. The largest absolute Gasteiger partial charge is 0.473 e. The summed E-state index contributed by atoms with van der Waals surface area (Å²) in [6.45, 7) is 2.26. The normalized spacial score (nSPS) is 11.2. The number of halogens is 2. The molecular formula is C19H20Br2N6O4S. The van der Waals surface area contributed by atoms with Crippen molar-refractivity contribution in [3.8, 4) is 23.0 Å². The van der Waals surface area contributed by atoms with E-state index in [0.29, 0.717) is 17.5 Å². The summed E-state index contributed by atoms with van der Waals surface area (Å²) in [5, 5.41) is 5.47. The number of rotatable bonds is 10. The summed E-state index contributed by atoms with van der Waals surface area (Å²) in [6.07, 6.45) is 4.92. The third kappa shape index (κ3) is 6.34. The Morgan fingerprint density at radius 1 is 0.969 bits per heavy atom. The first-order chi connectivity index (χ1) is 15.3. The lowest BCUT2D eigenvalue weighted by molar-refractivity contribution is 0.202. The molecule has 3 rings (SSSR count). The molecule has 32 heavy (non-hydrogen) atoms. The molecule has 0 saturated carbocycles. The summed E-state index contributed by atoms with van der Waals surface area (Å²) in [5.41, 5.74) is 1.07. The summed E-state index contributed by atoms with van der Waals surface area (Å²) < 4.78 is 38.5. The Bertz CT molecular complexity index is 1150. The van der Waals surface area contributed by atoms with Crippen LogP contribution < -0.4 is 18.9 Å². The molecule has 0 aliphatic rings. The second-order valence-electron chi connectivity index (χ2n) is 6.38. The average Bonchev–Trinajstić information content (AvgIpc) is 2.76. The van der Waals surface area contributed by atoms with Gasteiger partial charge in [0.05, 0.1) is 10.0 Å². The molecule has 0 unspecified atom stereocenters. The maximum atomic E-state index is 12.3. The van der Waals surface area contributed by atoms with Crippen LogP contribution in [-0.4, -0.2) is 48.1 Å². The minimum absolute atomic E-state index is 0.114. The molecule has 13 heteroatoms. The number of nitrogens with zero attached hydrogens (tertiary/aromatic N) is 5. The Morgan fingerprint density at radius 3 is 2.25 bits per heavy atom. The Labute approximate surface area is 202 Å². The van der Waals surface area contributed by atoms with Crippen LogP contribution >= 0.6 is 31.9 Å². The van der Waals surface area contributed by atoms with Crippen LogP contribution in [0.15, 0.2) is 51.9 Å². The number of anilines is 1. The smallest absolute Gasteiger partial charge is 0.316 e. The molecule has 3 aromatic rings. The highest BCUT2D eigenvalue weighted by Crippen LogP contribution is 2.37. The van der Waals surface area contributed by atoms with Gasteiger partial charge >= 0.3 is 6.01 Å². The molecule has 0 radical (unpaired) electrons. The molecule has 0 atom stereocenters. The molecule has 0 fully saturated rings. The van der Waals surface area contributed by atoms with E-state index in [9.17, 15) is 8.42 Å². The summed E-state index contributed by atoms with van der Waals surface area (Å²) >= 11 is 6.66. The zero-order valence-corrected chi connectivity index (χ0v) is 21.0. The number of benzene rings is 1. The Hall–Kier alpha value is -2.35. The van der Waals surface area contributed by atoms with Crippen molar-refractivity contribution in [3.05, 3.63) is 51.9 Å². The lowest BCUT2D eigenvalue weighted by Gasteiger charge is -2.23. The van der Waals surface area contributed by atoms with Crippen molar-refractivity contribution in [1.82, 2.24) is 19.9 Å². The van der Waals surface area contributed by atoms with E-state index < -0.39 is 10.2 Å². The van der Waals surface area contributed by atoms with E-state index in [4.69, 9.17) is 14.6 Å². The topological polar surface area (TPSA) is 133 Å². The Kier molecular flexibility index (Phi) is 8.34. The van der Waals surface area contributed by atoms with E-state index in [1.807, 2.05) is 19.1 Å². The molecule has 170 valence electrons. The predicted molar refractivity (Wildman–Crippen MR) is 127 cm³/mol. The van der Waals surface area contributed by atoms with Crippen molar-refractivity contribution in [2.45, 2.75) is 13.3 Å². The minimum atomic E-state index is -4.07. The van der Waals surface area contributed by atoms with Gasteiger partial charge in [0.15, 0.2) is 5.82 Å². The van der Waals surface area contributed by atoms with Gasteiger partial charge in [0.25, 0.3) is 10.2 Å². The second kappa shape index (κ2) is 11.0. The molecule has 2 aromatic heterocycles. The number of hydrogen-bond donors (Lipinski definition) is 1. The Morgan fingerprint density at radius 2 is 1.62 bits per heavy atom. The lowest BCUT2D eigenvalue weighted by atomic mass is 10.1. The molecule has 0 amide bonds. The van der Waals surface area contributed by atoms with Crippen LogP contribution in [-0.2, 0) is 10.2 Å². The fourth-order valence-corrected chi connectivity index (χ4v) is 4.02. The summed E-state index contributed by atoms with van der Waals surface area (Å²) in [6, 6.07) is 7.46. The summed E-state index contributed by atoms with van der Waals surface area (Å²) in [7, 11) is -4.07. The summed E-state index contributed by atoms with van der Waals surface area (Å²) in [4.78, 5) is 16.5. The third-order valence-electron chi connectivity index (χ3n) is 4.05. The van der Waals surface area contributed by atoms with Crippen molar-refractivity contribution in [2.24, 2.45) is 5.14 Å². The molecule has 0 saturated heterocycles. The van der Waals surface area contributed by atoms with E-state index in [0.717, 1.165) is 13.3 Å². The molecule has 2 heterocycles. The highest BCUT2D eigenvalue weighted by molar-refractivity contribution is 9.10. The lowest BCUT2D eigenvalue weighted by Crippen LogP contribution is -2.38. The van der Waals surface area contributed by atoms with Gasteiger partial charge in [-0.3, -0.25) is 0 Å². The number of hydrogen-bond acceptors (Lipinski definition) is 8. The van der Waals surface area contributed by atoms with Crippen molar-refractivity contribution in [1.29, 1.82) is 0 Å². The van der Waals surface area contributed by atoms with Crippen molar-refractivity contribution < 1.29 is 17.9 Å². The zero-order valence-electron chi connectivity index (χ0n) is 17.0. The zero-order chi connectivity index (χ0) is 23.1. The monoisotopic (exact) mass is 586 g/mol. The van der Waals surface area contributed by atoms with E-state index in [2.05, 4.69) is 51.8 Å². The van der Waals surface area contributed by atoms with Crippen molar-refractivity contribution in [2.75, 3.05) is 24.1 Å². The second-order valence-corrected chi connectivity index (χ2v) is 9.68. The molecular weight excluding hydrogens is 568 g/mol. The first kappa shape index (κ1) is 24.3. The quantitative estimate of drug-likeness (QED) is 0.357. The van der Waals surface area contributed by atoms with Crippen LogP contribution in [0.25, 0.3) is 11.1 Å². The predicted octanol–water partition coefficient (Wildman–Crippen LogP) is 3.34. The molecule has 1 aromatic carbocycles. The number of aromatic nitrogens is 4. The molecule has 2 N–H and O–H groups in total. The van der Waals surface area contributed by atoms with Crippen molar-refractivity contribution >= 4 is 47.9 Å². The third-order valence-corrected chi connectivity index (χ3v) is 5.95. The van der Waals surface area contributed by atoms with Crippen LogP contribution in [0, 0.1) is 0 Å². The van der Waals surface area contributed by atoms with E-state index in [1.165, 1.54) is 6.33 Å². The van der Waals surface area contributed by atoms with Crippen LogP contribution in [0.2, 0.25) is 0 Å². The SMILES string of the molecule is CCCN(c1ncnc(OCCOc2ncc(Br)cn2)c1-c1ccc(Br)cc1)S(N)(=O)=O.